The van der Waals surface area contributed by atoms with Crippen molar-refractivity contribution in [3.8, 4) is 0 Å². The molecule has 74 valence electrons. The number of anilines is 1. The maximum absolute atomic E-state index is 13.3. The molecule has 0 radical (unpaired) electrons. The van der Waals surface area contributed by atoms with Crippen LogP contribution in [0.5, 0.6) is 0 Å². The van der Waals surface area contributed by atoms with E-state index < -0.39 is 0 Å². The van der Waals surface area contributed by atoms with Gasteiger partial charge in [-0.1, -0.05) is 13.0 Å². The Labute approximate surface area is 85.9 Å². The number of carbonyl (C=O) groups is 1. The van der Waals surface area contributed by atoms with Crippen molar-refractivity contribution in [1.82, 2.24) is 0 Å². The quantitative estimate of drug-likeness (QED) is 0.714. The van der Waals surface area contributed by atoms with Crippen molar-refractivity contribution in [2.45, 2.75) is 23.5 Å². The summed E-state index contributed by atoms with van der Waals surface area (Å²) in [5.41, 5.74) is 0.326. The summed E-state index contributed by atoms with van der Waals surface area (Å²) in [5, 5.41) is 2.78. The Balaban J connectivity index is 2.46. The molecule has 0 aliphatic carbocycles. The van der Waals surface area contributed by atoms with E-state index in [4.69, 9.17) is 0 Å². The van der Waals surface area contributed by atoms with E-state index in [-0.39, 0.29) is 17.0 Å². The molecule has 0 saturated heterocycles. The number of rotatable bonds is 0. The summed E-state index contributed by atoms with van der Waals surface area (Å²) < 4.78 is 13.3. The summed E-state index contributed by atoms with van der Waals surface area (Å²) in [6.07, 6.45) is 0.429. The number of hydrogen-bond acceptors (Lipinski definition) is 2. The minimum absolute atomic E-state index is 0.117. The van der Waals surface area contributed by atoms with Crippen molar-refractivity contribution in [2.75, 3.05) is 5.32 Å². The molecule has 1 atom stereocenters. The van der Waals surface area contributed by atoms with Gasteiger partial charge in [0.15, 0.2) is 0 Å². The maximum atomic E-state index is 13.3. The van der Waals surface area contributed by atoms with Crippen LogP contribution in [-0.2, 0) is 4.79 Å². The van der Waals surface area contributed by atoms with Gasteiger partial charge in [-0.2, -0.15) is 0 Å². The molecule has 1 aromatic carbocycles. The zero-order valence-electron chi connectivity index (χ0n) is 7.71. The highest BCUT2D eigenvalue weighted by molar-refractivity contribution is 8.00. The number of benzene rings is 1. The molecule has 0 aromatic heterocycles. The minimum Gasteiger partial charge on any atom is -0.323 e. The Kier molecular flexibility index (Phi) is 2.46. The Morgan fingerprint density at radius 2 is 2.36 bits per heavy atom. The lowest BCUT2D eigenvalue weighted by molar-refractivity contribution is -0.116. The SMILES string of the molecule is CC1CC(=O)Nc2c(F)cccc2S1. The standard InChI is InChI=1S/C10H10FNOS/c1-6-5-9(13)12-10-7(11)3-2-4-8(10)14-6/h2-4,6H,5H2,1H3,(H,12,13). The fourth-order valence-corrected chi connectivity index (χ4v) is 2.53. The number of hydrogen-bond donors (Lipinski definition) is 1. The molecular weight excluding hydrogens is 201 g/mol. The fourth-order valence-electron chi connectivity index (χ4n) is 1.43. The van der Waals surface area contributed by atoms with Gasteiger partial charge in [-0.05, 0) is 12.1 Å². The molecule has 0 bridgehead atoms. The first kappa shape index (κ1) is 9.52. The molecule has 1 aromatic rings. The summed E-state index contributed by atoms with van der Waals surface area (Å²) in [5.74, 6) is -0.480. The highest BCUT2D eigenvalue weighted by atomic mass is 32.2. The van der Waals surface area contributed by atoms with Crippen LogP contribution in [0.2, 0.25) is 0 Å². The number of para-hydroxylation sites is 1. The van der Waals surface area contributed by atoms with Crippen molar-refractivity contribution in [2.24, 2.45) is 0 Å². The molecule has 1 aliphatic heterocycles. The number of nitrogens with one attached hydrogen (secondary N) is 1. The van der Waals surface area contributed by atoms with Gasteiger partial charge in [0.25, 0.3) is 0 Å². The van der Waals surface area contributed by atoms with Gasteiger partial charge in [0, 0.05) is 16.6 Å². The van der Waals surface area contributed by atoms with Crippen LogP contribution in [0.3, 0.4) is 0 Å². The van der Waals surface area contributed by atoms with Crippen LogP contribution >= 0.6 is 11.8 Å². The van der Waals surface area contributed by atoms with Gasteiger partial charge in [0.2, 0.25) is 5.91 Å². The van der Waals surface area contributed by atoms with E-state index in [2.05, 4.69) is 5.32 Å². The molecule has 1 aliphatic rings. The van der Waals surface area contributed by atoms with Crippen LogP contribution in [0.1, 0.15) is 13.3 Å². The average molecular weight is 211 g/mol. The molecule has 4 heteroatoms. The Morgan fingerprint density at radius 3 is 3.14 bits per heavy atom. The summed E-state index contributed by atoms with van der Waals surface area (Å²) >= 11 is 1.53. The third-order valence-electron chi connectivity index (χ3n) is 2.04. The van der Waals surface area contributed by atoms with E-state index in [9.17, 15) is 9.18 Å². The van der Waals surface area contributed by atoms with E-state index in [0.717, 1.165) is 4.90 Å². The second-order valence-electron chi connectivity index (χ2n) is 3.29. The van der Waals surface area contributed by atoms with Crippen LogP contribution in [0, 0.1) is 5.82 Å². The van der Waals surface area contributed by atoms with E-state index in [1.54, 1.807) is 6.07 Å². The lowest BCUT2D eigenvalue weighted by Crippen LogP contribution is -2.13. The molecule has 0 saturated carbocycles. The Bertz CT molecular complexity index is 380. The summed E-state index contributed by atoms with van der Waals surface area (Å²) in [6, 6.07) is 4.84. The lowest BCUT2D eigenvalue weighted by atomic mass is 10.2. The zero-order chi connectivity index (χ0) is 10.1. The predicted octanol–water partition coefficient (Wildman–Crippen LogP) is 2.65. The van der Waals surface area contributed by atoms with Crippen molar-refractivity contribution in [3.05, 3.63) is 24.0 Å². The third kappa shape index (κ3) is 1.75. The molecule has 1 N–H and O–H groups in total. The second kappa shape index (κ2) is 3.61. The first-order valence-electron chi connectivity index (χ1n) is 4.42. The Hall–Kier alpha value is -1.03. The van der Waals surface area contributed by atoms with Gasteiger partial charge in [-0.25, -0.2) is 4.39 Å². The van der Waals surface area contributed by atoms with Crippen molar-refractivity contribution in [1.29, 1.82) is 0 Å². The number of fused-ring (bicyclic) bond motifs is 1. The highest BCUT2D eigenvalue weighted by Crippen LogP contribution is 2.36. The summed E-state index contributed by atoms with van der Waals surface area (Å²) in [6.45, 7) is 1.96. The van der Waals surface area contributed by atoms with Gasteiger partial charge in [-0.3, -0.25) is 4.79 Å². The van der Waals surface area contributed by atoms with E-state index in [0.29, 0.717) is 12.1 Å². The summed E-state index contributed by atoms with van der Waals surface area (Å²) in [7, 11) is 0. The van der Waals surface area contributed by atoms with E-state index in [1.165, 1.54) is 17.8 Å². The van der Waals surface area contributed by atoms with Crippen LogP contribution in [-0.4, -0.2) is 11.2 Å². The third-order valence-corrected chi connectivity index (χ3v) is 3.20. The van der Waals surface area contributed by atoms with Gasteiger partial charge in [0.1, 0.15) is 5.82 Å². The predicted molar refractivity (Wildman–Crippen MR) is 55.0 cm³/mol. The van der Waals surface area contributed by atoms with Gasteiger partial charge < -0.3 is 5.32 Å². The number of amides is 1. The molecule has 14 heavy (non-hydrogen) atoms. The summed E-state index contributed by atoms with van der Waals surface area (Å²) in [4.78, 5) is 12.1. The molecule has 1 amide bonds. The highest BCUT2D eigenvalue weighted by Gasteiger charge is 2.20. The average Bonchev–Trinajstić information content (AvgIpc) is 2.23. The fraction of sp³-hybridized carbons (Fsp3) is 0.300. The van der Waals surface area contributed by atoms with E-state index >= 15 is 0 Å². The molecule has 0 spiro atoms. The largest absolute Gasteiger partial charge is 0.323 e. The molecular formula is C10H10FNOS. The molecule has 0 fully saturated rings. The zero-order valence-corrected chi connectivity index (χ0v) is 8.53. The number of thioether (sulfide) groups is 1. The molecule has 2 nitrogen and oxygen atoms in total. The maximum Gasteiger partial charge on any atom is 0.225 e. The first-order valence-corrected chi connectivity index (χ1v) is 5.30. The molecule has 1 heterocycles. The van der Waals surface area contributed by atoms with Gasteiger partial charge >= 0.3 is 0 Å². The molecule has 1 unspecified atom stereocenters. The van der Waals surface area contributed by atoms with Crippen molar-refractivity contribution < 1.29 is 9.18 Å². The van der Waals surface area contributed by atoms with Gasteiger partial charge in [0.05, 0.1) is 5.69 Å². The lowest BCUT2D eigenvalue weighted by Gasteiger charge is -2.06. The first-order chi connectivity index (χ1) is 6.66. The number of carbonyl (C=O) groups excluding carboxylic acids is 1. The van der Waals surface area contributed by atoms with Crippen molar-refractivity contribution >= 4 is 23.4 Å². The monoisotopic (exact) mass is 211 g/mol. The number of halogens is 1. The normalized spacial score (nSPS) is 21.0. The topological polar surface area (TPSA) is 29.1 Å². The van der Waals surface area contributed by atoms with Crippen LogP contribution < -0.4 is 5.32 Å². The van der Waals surface area contributed by atoms with Crippen molar-refractivity contribution in [3.63, 3.8) is 0 Å². The van der Waals surface area contributed by atoms with Crippen LogP contribution in [0.15, 0.2) is 23.1 Å². The second-order valence-corrected chi connectivity index (χ2v) is 4.77. The molecule has 2 rings (SSSR count). The Morgan fingerprint density at radius 1 is 1.57 bits per heavy atom. The van der Waals surface area contributed by atoms with Crippen LogP contribution in [0.4, 0.5) is 10.1 Å². The minimum atomic E-state index is -0.363. The van der Waals surface area contributed by atoms with Crippen LogP contribution in [0.25, 0.3) is 0 Å². The smallest absolute Gasteiger partial charge is 0.225 e. The van der Waals surface area contributed by atoms with E-state index in [1.807, 2.05) is 13.0 Å². The van der Waals surface area contributed by atoms with Gasteiger partial charge in [-0.15, -0.1) is 11.8 Å².